The SMILES string of the molecule is O=[N+]([O-])c1ccc(NC=S)c(Cl)c1. The zero-order chi connectivity index (χ0) is 9.84. The molecule has 0 saturated heterocycles. The van der Waals surface area contributed by atoms with Crippen molar-refractivity contribution in [1.82, 2.24) is 0 Å². The number of nitrogens with zero attached hydrogens (tertiary/aromatic N) is 1. The highest BCUT2D eigenvalue weighted by Gasteiger charge is 2.07. The lowest BCUT2D eigenvalue weighted by molar-refractivity contribution is -0.384. The lowest BCUT2D eigenvalue weighted by Gasteiger charge is -2.01. The van der Waals surface area contributed by atoms with E-state index in [4.69, 9.17) is 11.6 Å². The van der Waals surface area contributed by atoms with Crippen LogP contribution < -0.4 is 5.32 Å². The van der Waals surface area contributed by atoms with Gasteiger partial charge in [0.1, 0.15) is 0 Å². The molecule has 0 spiro atoms. The Balaban J connectivity index is 3.04. The summed E-state index contributed by atoms with van der Waals surface area (Å²) in [6.45, 7) is 0. The first-order chi connectivity index (χ1) is 6.15. The molecule has 0 aliphatic rings. The Morgan fingerprint density at radius 3 is 2.77 bits per heavy atom. The van der Waals surface area contributed by atoms with Crippen molar-refractivity contribution >= 4 is 40.7 Å². The molecule has 1 N–H and O–H groups in total. The van der Waals surface area contributed by atoms with Crippen LogP contribution in [0.15, 0.2) is 18.2 Å². The molecule has 68 valence electrons. The summed E-state index contributed by atoms with van der Waals surface area (Å²) in [5.74, 6) is 0. The Morgan fingerprint density at radius 1 is 1.62 bits per heavy atom. The van der Waals surface area contributed by atoms with Crippen molar-refractivity contribution in [3.05, 3.63) is 33.3 Å². The lowest BCUT2D eigenvalue weighted by atomic mass is 10.3. The number of nitro benzene ring substituents is 1. The first-order valence-corrected chi connectivity index (χ1v) is 4.14. The molecule has 0 radical (unpaired) electrons. The van der Waals surface area contributed by atoms with E-state index in [2.05, 4.69) is 17.5 Å². The number of benzene rings is 1. The van der Waals surface area contributed by atoms with E-state index < -0.39 is 4.92 Å². The fraction of sp³-hybridized carbons (Fsp3) is 0. The van der Waals surface area contributed by atoms with Crippen LogP contribution in [0.3, 0.4) is 0 Å². The summed E-state index contributed by atoms with van der Waals surface area (Å²) in [7, 11) is 0. The highest BCUT2D eigenvalue weighted by Crippen LogP contribution is 2.25. The van der Waals surface area contributed by atoms with E-state index in [9.17, 15) is 10.1 Å². The minimum atomic E-state index is -0.507. The predicted octanol–water partition coefficient (Wildman–Crippen LogP) is 2.62. The average molecular weight is 217 g/mol. The Morgan fingerprint density at radius 2 is 2.31 bits per heavy atom. The Bertz CT molecular complexity index is 356. The smallest absolute Gasteiger partial charge is 0.271 e. The molecule has 0 unspecified atom stereocenters. The second kappa shape index (κ2) is 4.15. The first kappa shape index (κ1) is 9.88. The molecule has 0 aromatic heterocycles. The Hall–Kier alpha value is -1.20. The zero-order valence-electron chi connectivity index (χ0n) is 6.36. The topological polar surface area (TPSA) is 55.2 Å². The number of anilines is 1. The third kappa shape index (κ3) is 2.37. The Labute approximate surface area is 84.7 Å². The van der Waals surface area contributed by atoms with E-state index in [0.29, 0.717) is 5.69 Å². The molecule has 0 aliphatic carbocycles. The van der Waals surface area contributed by atoms with E-state index in [-0.39, 0.29) is 10.7 Å². The molecule has 4 nitrogen and oxygen atoms in total. The van der Waals surface area contributed by atoms with Gasteiger partial charge in [-0.3, -0.25) is 10.1 Å². The molecule has 0 saturated carbocycles. The molecule has 0 bridgehead atoms. The molecule has 0 fully saturated rings. The van der Waals surface area contributed by atoms with E-state index in [1.54, 1.807) is 0 Å². The summed E-state index contributed by atoms with van der Waals surface area (Å²) >= 11 is 10.3. The van der Waals surface area contributed by atoms with Crippen molar-refractivity contribution in [3.8, 4) is 0 Å². The van der Waals surface area contributed by atoms with Crippen molar-refractivity contribution in [3.63, 3.8) is 0 Å². The van der Waals surface area contributed by atoms with E-state index in [0.717, 1.165) is 0 Å². The molecule has 1 aromatic carbocycles. The van der Waals surface area contributed by atoms with Gasteiger partial charge in [-0.1, -0.05) is 23.8 Å². The molecular weight excluding hydrogens is 212 g/mol. The van der Waals surface area contributed by atoms with Crippen LogP contribution in [0.25, 0.3) is 0 Å². The number of non-ortho nitro benzene ring substituents is 1. The molecular formula is C7H5ClN2O2S. The first-order valence-electron chi connectivity index (χ1n) is 3.29. The van der Waals surface area contributed by atoms with Crippen molar-refractivity contribution < 1.29 is 4.92 Å². The van der Waals surface area contributed by atoms with Gasteiger partial charge in [0.15, 0.2) is 0 Å². The molecule has 1 rings (SSSR count). The fourth-order valence-corrected chi connectivity index (χ4v) is 1.15. The van der Waals surface area contributed by atoms with Gasteiger partial charge in [-0.2, -0.15) is 0 Å². The van der Waals surface area contributed by atoms with Gasteiger partial charge in [0, 0.05) is 12.1 Å². The van der Waals surface area contributed by atoms with Crippen LogP contribution >= 0.6 is 23.8 Å². The van der Waals surface area contributed by atoms with Crippen molar-refractivity contribution in [2.24, 2.45) is 0 Å². The van der Waals surface area contributed by atoms with E-state index in [1.807, 2.05) is 0 Å². The zero-order valence-corrected chi connectivity index (χ0v) is 7.93. The summed E-state index contributed by atoms with van der Waals surface area (Å²) in [5.41, 5.74) is 1.80. The third-order valence-corrected chi connectivity index (χ3v) is 1.81. The number of rotatable bonds is 3. The van der Waals surface area contributed by atoms with E-state index in [1.165, 1.54) is 23.7 Å². The van der Waals surface area contributed by atoms with Crippen molar-refractivity contribution in [2.45, 2.75) is 0 Å². The number of thiocarbonyl (C=S) groups is 1. The number of hydrogen-bond acceptors (Lipinski definition) is 3. The average Bonchev–Trinajstić information content (AvgIpc) is 2.08. The van der Waals surface area contributed by atoms with Crippen LogP contribution in [0.5, 0.6) is 0 Å². The van der Waals surface area contributed by atoms with Gasteiger partial charge < -0.3 is 5.32 Å². The number of hydrogen-bond donors (Lipinski definition) is 1. The molecule has 1 aromatic rings. The van der Waals surface area contributed by atoms with Gasteiger partial charge in [-0.25, -0.2) is 0 Å². The fourth-order valence-electron chi connectivity index (χ4n) is 0.798. The molecule has 0 aliphatic heterocycles. The maximum absolute atomic E-state index is 10.3. The number of halogens is 1. The molecule has 13 heavy (non-hydrogen) atoms. The molecule has 0 atom stereocenters. The monoisotopic (exact) mass is 216 g/mol. The third-order valence-electron chi connectivity index (χ3n) is 1.38. The maximum Gasteiger partial charge on any atom is 0.271 e. The second-order valence-corrected chi connectivity index (χ2v) is 2.83. The van der Waals surface area contributed by atoms with Gasteiger partial charge in [0.2, 0.25) is 0 Å². The maximum atomic E-state index is 10.3. The normalized spacial score (nSPS) is 9.31. The molecule has 0 amide bonds. The summed E-state index contributed by atoms with van der Waals surface area (Å²) in [4.78, 5) is 9.81. The lowest BCUT2D eigenvalue weighted by Crippen LogP contribution is -1.94. The molecule has 0 heterocycles. The van der Waals surface area contributed by atoms with Crippen molar-refractivity contribution in [2.75, 3.05) is 5.32 Å². The van der Waals surface area contributed by atoms with Crippen LogP contribution in [0, 0.1) is 10.1 Å². The quantitative estimate of drug-likeness (QED) is 0.479. The van der Waals surface area contributed by atoms with Gasteiger partial charge >= 0.3 is 0 Å². The summed E-state index contributed by atoms with van der Waals surface area (Å²) in [5, 5.41) is 13.3. The van der Waals surface area contributed by atoms with E-state index >= 15 is 0 Å². The van der Waals surface area contributed by atoms with Crippen molar-refractivity contribution in [1.29, 1.82) is 0 Å². The van der Waals surface area contributed by atoms with Crippen LogP contribution in [0.1, 0.15) is 0 Å². The summed E-state index contributed by atoms with van der Waals surface area (Å²) < 4.78 is 0. The Kier molecular flexibility index (Phi) is 3.16. The van der Waals surface area contributed by atoms with Gasteiger partial charge in [-0.15, -0.1) is 0 Å². The van der Waals surface area contributed by atoms with Gasteiger partial charge in [0.05, 0.1) is 21.1 Å². The summed E-state index contributed by atoms with van der Waals surface area (Å²) in [6.07, 6.45) is 0. The van der Waals surface area contributed by atoms with Crippen LogP contribution in [-0.2, 0) is 0 Å². The highest BCUT2D eigenvalue weighted by molar-refractivity contribution is 7.79. The van der Waals surface area contributed by atoms with Crippen LogP contribution in [0.2, 0.25) is 5.02 Å². The highest BCUT2D eigenvalue weighted by atomic mass is 35.5. The molecule has 6 heteroatoms. The number of nitrogens with one attached hydrogen (secondary N) is 1. The largest absolute Gasteiger partial charge is 0.351 e. The minimum absolute atomic E-state index is 0.0417. The van der Waals surface area contributed by atoms with Gasteiger partial charge in [-0.05, 0) is 6.07 Å². The second-order valence-electron chi connectivity index (χ2n) is 2.18. The summed E-state index contributed by atoms with van der Waals surface area (Å²) in [6, 6.07) is 4.12. The standard InChI is InChI=1S/C7H5ClN2O2S/c8-6-3-5(10(11)12)1-2-7(6)9-4-13/h1-4H,(H,9,13). The van der Waals surface area contributed by atoms with Crippen LogP contribution in [-0.4, -0.2) is 10.4 Å². The minimum Gasteiger partial charge on any atom is -0.351 e. The van der Waals surface area contributed by atoms with Crippen LogP contribution in [0.4, 0.5) is 11.4 Å². The van der Waals surface area contributed by atoms with Gasteiger partial charge in [0.25, 0.3) is 5.69 Å². The number of nitro groups is 1. The predicted molar refractivity (Wildman–Crippen MR) is 55.4 cm³/mol.